The molecule has 0 unspecified atom stereocenters. The van der Waals surface area contributed by atoms with E-state index in [1.807, 2.05) is 0 Å². The van der Waals surface area contributed by atoms with Gasteiger partial charge in [0.15, 0.2) is 5.84 Å². The maximum absolute atomic E-state index is 11.6. The molecule has 0 aliphatic heterocycles. The van der Waals surface area contributed by atoms with Crippen LogP contribution in [0.2, 0.25) is 0 Å². The van der Waals surface area contributed by atoms with Crippen molar-refractivity contribution in [3.63, 3.8) is 0 Å². The average Bonchev–Trinajstić information content (AvgIpc) is 3.03. The summed E-state index contributed by atoms with van der Waals surface area (Å²) in [5, 5.41) is 16.3. The van der Waals surface area contributed by atoms with Crippen molar-refractivity contribution < 1.29 is 14.8 Å². The monoisotopic (exact) mass is 229 g/mol. The van der Waals surface area contributed by atoms with E-state index < -0.39 is 11.4 Å². The van der Waals surface area contributed by atoms with Gasteiger partial charge in [0.25, 0.3) is 0 Å². The zero-order chi connectivity index (χ0) is 12.2. The maximum atomic E-state index is 11.6. The van der Waals surface area contributed by atoms with E-state index in [0.29, 0.717) is 12.8 Å². The van der Waals surface area contributed by atoms with Crippen LogP contribution in [0.1, 0.15) is 12.8 Å². The van der Waals surface area contributed by atoms with Crippen LogP contribution in [0.5, 0.6) is 0 Å². The summed E-state index contributed by atoms with van der Waals surface area (Å²) in [6, 6.07) is -0.646. The Bertz CT molecular complexity index is 324. The van der Waals surface area contributed by atoms with Crippen molar-refractivity contribution in [1.82, 2.24) is 10.6 Å². The topological polar surface area (TPSA) is 143 Å². The van der Waals surface area contributed by atoms with Gasteiger partial charge in [0.1, 0.15) is 5.41 Å². The van der Waals surface area contributed by atoms with Gasteiger partial charge in [-0.1, -0.05) is 5.16 Å². The van der Waals surface area contributed by atoms with E-state index in [9.17, 15) is 9.59 Å². The van der Waals surface area contributed by atoms with Crippen LogP contribution in [0.25, 0.3) is 0 Å². The van der Waals surface area contributed by atoms with Gasteiger partial charge in [-0.05, 0) is 12.8 Å². The number of amidine groups is 1. The van der Waals surface area contributed by atoms with Crippen LogP contribution < -0.4 is 22.1 Å². The molecule has 1 aliphatic rings. The molecule has 1 fully saturated rings. The van der Waals surface area contributed by atoms with Gasteiger partial charge in [-0.15, -0.1) is 0 Å². The van der Waals surface area contributed by atoms with E-state index in [4.69, 9.17) is 16.7 Å². The Hall–Kier alpha value is -1.99. The molecule has 0 saturated heterocycles. The second-order valence-electron chi connectivity index (χ2n) is 3.61. The molecule has 0 aromatic heterocycles. The van der Waals surface area contributed by atoms with Gasteiger partial charge in [-0.3, -0.25) is 4.79 Å². The van der Waals surface area contributed by atoms with Crippen LogP contribution in [0.15, 0.2) is 5.16 Å². The SMILES string of the molecule is NC(=O)NCCNC(=O)C1(C(N)=NO)CC1. The van der Waals surface area contributed by atoms with Crippen LogP contribution in [0.4, 0.5) is 4.79 Å². The molecular formula is C8H15N5O3. The number of primary amides is 1. The highest BCUT2D eigenvalue weighted by Gasteiger charge is 2.54. The highest BCUT2D eigenvalue weighted by atomic mass is 16.4. The number of rotatable bonds is 5. The minimum Gasteiger partial charge on any atom is -0.409 e. The molecule has 3 amide bonds. The Morgan fingerprint density at radius 2 is 1.81 bits per heavy atom. The van der Waals surface area contributed by atoms with Gasteiger partial charge in [-0.2, -0.15) is 0 Å². The van der Waals surface area contributed by atoms with Gasteiger partial charge in [0.05, 0.1) is 0 Å². The summed E-state index contributed by atoms with van der Waals surface area (Å²) in [4.78, 5) is 22.0. The summed E-state index contributed by atoms with van der Waals surface area (Å²) in [5.41, 5.74) is 9.40. The van der Waals surface area contributed by atoms with Crippen LogP contribution in [-0.4, -0.2) is 36.1 Å². The Kier molecular flexibility index (Phi) is 3.54. The molecule has 0 aromatic carbocycles. The van der Waals surface area contributed by atoms with Gasteiger partial charge >= 0.3 is 6.03 Å². The molecule has 7 N–H and O–H groups in total. The fraction of sp³-hybridized carbons (Fsp3) is 0.625. The van der Waals surface area contributed by atoms with Crippen molar-refractivity contribution in [2.24, 2.45) is 22.0 Å². The normalized spacial score (nSPS) is 17.6. The molecule has 1 saturated carbocycles. The standard InChI is InChI=1S/C8H15N5O3/c9-5(13-16)8(1-2-8)6(14)11-3-4-12-7(10)15/h16H,1-4H2,(H2,9,13)(H,11,14)(H3,10,12,15). The summed E-state index contributed by atoms with van der Waals surface area (Å²) in [6.07, 6.45) is 1.13. The number of nitrogens with two attached hydrogens (primary N) is 2. The van der Waals surface area contributed by atoms with Gasteiger partial charge in [-0.25, -0.2) is 4.79 Å². The smallest absolute Gasteiger partial charge is 0.312 e. The summed E-state index contributed by atoms with van der Waals surface area (Å²) in [5.74, 6) is -0.373. The van der Waals surface area contributed by atoms with E-state index in [-0.39, 0.29) is 24.8 Å². The lowest BCUT2D eigenvalue weighted by atomic mass is 10.1. The molecule has 0 aromatic rings. The lowest BCUT2D eigenvalue weighted by Crippen LogP contribution is -2.44. The van der Waals surface area contributed by atoms with Gasteiger partial charge in [0.2, 0.25) is 5.91 Å². The third kappa shape index (κ3) is 2.53. The largest absolute Gasteiger partial charge is 0.409 e. The molecule has 16 heavy (non-hydrogen) atoms. The minimum absolute atomic E-state index is 0.0761. The van der Waals surface area contributed by atoms with Crippen molar-refractivity contribution in [2.45, 2.75) is 12.8 Å². The van der Waals surface area contributed by atoms with E-state index in [1.54, 1.807) is 0 Å². The fourth-order valence-corrected chi connectivity index (χ4v) is 1.35. The zero-order valence-corrected chi connectivity index (χ0v) is 8.69. The number of nitrogens with one attached hydrogen (secondary N) is 2. The molecule has 8 nitrogen and oxygen atoms in total. The van der Waals surface area contributed by atoms with E-state index in [0.717, 1.165) is 0 Å². The fourth-order valence-electron chi connectivity index (χ4n) is 1.35. The molecule has 0 heterocycles. The van der Waals surface area contributed by atoms with E-state index in [2.05, 4.69) is 15.8 Å². The molecule has 8 heteroatoms. The third-order valence-corrected chi connectivity index (χ3v) is 2.49. The van der Waals surface area contributed by atoms with Gasteiger partial charge < -0.3 is 27.3 Å². The predicted octanol–water partition coefficient (Wildman–Crippen LogP) is -1.70. The predicted molar refractivity (Wildman–Crippen MR) is 55.7 cm³/mol. The molecular weight excluding hydrogens is 214 g/mol. The van der Waals surface area contributed by atoms with Crippen molar-refractivity contribution in [3.05, 3.63) is 0 Å². The van der Waals surface area contributed by atoms with Crippen molar-refractivity contribution in [3.8, 4) is 0 Å². The van der Waals surface area contributed by atoms with Crippen molar-refractivity contribution in [1.29, 1.82) is 0 Å². The zero-order valence-electron chi connectivity index (χ0n) is 8.69. The summed E-state index contributed by atoms with van der Waals surface area (Å²) in [7, 11) is 0. The molecule has 1 rings (SSSR count). The summed E-state index contributed by atoms with van der Waals surface area (Å²) < 4.78 is 0. The number of hydrogen-bond acceptors (Lipinski definition) is 4. The van der Waals surface area contributed by atoms with Crippen molar-refractivity contribution >= 4 is 17.8 Å². The van der Waals surface area contributed by atoms with Gasteiger partial charge in [0, 0.05) is 13.1 Å². The summed E-state index contributed by atoms with van der Waals surface area (Å²) in [6.45, 7) is 0.496. The molecule has 1 aliphatic carbocycles. The minimum atomic E-state index is -0.860. The quantitative estimate of drug-likeness (QED) is 0.126. The van der Waals surface area contributed by atoms with Crippen LogP contribution in [0.3, 0.4) is 0 Å². The number of urea groups is 1. The second-order valence-corrected chi connectivity index (χ2v) is 3.61. The van der Waals surface area contributed by atoms with Crippen molar-refractivity contribution in [2.75, 3.05) is 13.1 Å². The maximum Gasteiger partial charge on any atom is 0.312 e. The Morgan fingerprint density at radius 3 is 2.25 bits per heavy atom. The van der Waals surface area contributed by atoms with Crippen LogP contribution >= 0.6 is 0 Å². The highest BCUT2D eigenvalue weighted by molar-refractivity contribution is 6.09. The first-order valence-electron chi connectivity index (χ1n) is 4.82. The lowest BCUT2D eigenvalue weighted by Gasteiger charge is -2.13. The number of nitrogens with zero attached hydrogens (tertiary/aromatic N) is 1. The number of carbonyl (C=O) groups excluding carboxylic acids is 2. The lowest BCUT2D eigenvalue weighted by molar-refractivity contribution is -0.124. The molecule has 0 spiro atoms. The molecule has 0 bridgehead atoms. The molecule has 90 valence electrons. The first kappa shape index (κ1) is 12.1. The Morgan fingerprint density at radius 1 is 1.25 bits per heavy atom. The first-order valence-corrected chi connectivity index (χ1v) is 4.82. The Balaban J connectivity index is 2.33. The van der Waals surface area contributed by atoms with Crippen LogP contribution in [0, 0.1) is 5.41 Å². The third-order valence-electron chi connectivity index (χ3n) is 2.49. The van der Waals surface area contributed by atoms with E-state index >= 15 is 0 Å². The number of carbonyl (C=O) groups is 2. The summed E-state index contributed by atoms with van der Waals surface area (Å²) >= 11 is 0. The molecule has 0 radical (unpaired) electrons. The number of oxime groups is 1. The van der Waals surface area contributed by atoms with E-state index in [1.165, 1.54) is 0 Å². The average molecular weight is 229 g/mol. The number of hydrogen-bond donors (Lipinski definition) is 5. The highest BCUT2D eigenvalue weighted by Crippen LogP contribution is 2.45. The molecule has 0 atom stereocenters. The first-order chi connectivity index (χ1) is 7.53. The Labute approximate surface area is 92.0 Å². The number of amides is 3. The second kappa shape index (κ2) is 4.69. The van der Waals surface area contributed by atoms with Crippen LogP contribution in [-0.2, 0) is 4.79 Å².